The van der Waals surface area contributed by atoms with Gasteiger partial charge in [0.25, 0.3) is 0 Å². The first-order chi connectivity index (χ1) is 22.8. The summed E-state index contributed by atoms with van der Waals surface area (Å²) >= 11 is 1.36. The van der Waals surface area contributed by atoms with Crippen LogP contribution in [0.25, 0.3) is 43.8 Å². The van der Waals surface area contributed by atoms with E-state index in [0.29, 0.717) is 5.92 Å². The molecule has 0 aliphatic rings. The molecule has 0 amide bonds. The predicted octanol–water partition coefficient (Wildman–Crippen LogP) is 14.3. The third-order valence-corrected chi connectivity index (χ3v) is 9.48. The van der Waals surface area contributed by atoms with Crippen molar-refractivity contribution in [2.45, 2.75) is 105 Å². The van der Waals surface area contributed by atoms with E-state index in [4.69, 9.17) is 0 Å². The SMILES string of the molecule is CC(C)c1cc2c(-c3ccc(C(C)(C)C)cc3)cccc2[cH-]1.CCCCc1ccc(-c2ccc(C(C)(C)C)cc2)c2cc(C)[cH-]c12.[CH3-].[CH3-].[Si]=[Zr]. The van der Waals surface area contributed by atoms with Crippen LogP contribution in [0.15, 0.2) is 103 Å². The van der Waals surface area contributed by atoms with Gasteiger partial charge >= 0.3 is 30.2 Å². The van der Waals surface area contributed by atoms with Crippen LogP contribution in [0, 0.1) is 21.8 Å². The zero-order chi connectivity index (χ0) is 35.2. The standard InChI is InChI=1S/C24H29.C22H25.2CH3.Si.Zr/c1-6-7-8-18-11-14-21(23-16-17(2)15-22(18)23)19-9-12-20(13-10-19)24(3,4)5;1-15(2)18-13-17-7-6-8-20(21(17)14-18)16-9-11-19(12-10-16)22(3,4)5;;;;/h9-16H,6-8H2,1-5H3;6-15H,1-5H3;2*1H3;;/q4*-1;;. The molecule has 2 radical (unpaired) electrons. The van der Waals surface area contributed by atoms with Gasteiger partial charge in [0.15, 0.2) is 0 Å². The van der Waals surface area contributed by atoms with Gasteiger partial charge in [-0.2, -0.15) is 12.1 Å². The molecule has 0 saturated heterocycles. The van der Waals surface area contributed by atoms with Crippen LogP contribution in [0.3, 0.4) is 0 Å². The quantitative estimate of drug-likeness (QED) is 0.117. The molecule has 0 unspecified atom stereocenters. The topological polar surface area (TPSA) is 0 Å². The van der Waals surface area contributed by atoms with Gasteiger partial charge in [-0.05, 0) is 39.0 Å². The summed E-state index contributed by atoms with van der Waals surface area (Å²) in [7, 11) is 0. The van der Waals surface area contributed by atoms with Crippen LogP contribution in [-0.4, -0.2) is 6.88 Å². The van der Waals surface area contributed by atoms with Crippen LogP contribution in [0.4, 0.5) is 0 Å². The zero-order valence-corrected chi connectivity index (χ0v) is 36.5. The van der Waals surface area contributed by atoms with Crippen molar-refractivity contribution in [2.75, 3.05) is 0 Å². The first-order valence-corrected chi connectivity index (χ1v) is 21.8. The van der Waals surface area contributed by atoms with Crippen molar-refractivity contribution in [3.05, 3.63) is 146 Å². The molecule has 0 fully saturated rings. The molecule has 2 heteroatoms. The van der Waals surface area contributed by atoms with E-state index < -0.39 is 0 Å². The van der Waals surface area contributed by atoms with Gasteiger partial charge in [-0.3, -0.25) is 0 Å². The van der Waals surface area contributed by atoms with Crippen LogP contribution in [0.2, 0.25) is 0 Å². The fourth-order valence-corrected chi connectivity index (χ4v) is 6.48. The van der Waals surface area contributed by atoms with Gasteiger partial charge in [-0.15, -0.1) is 68.6 Å². The Morgan fingerprint density at radius 2 is 1.18 bits per heavy atom. The van der Waals surface area contributed by atoms with Crippen molar-refractivity contribution in [1.82, 2.24) is 0 Å². The van der Waals surface area contributed by atoms with Crippen LogP contribution < -0.4 is 0 Å². The molecule has 6 rings (SSSR count). The van der Waals surface area contributed by atoms with Crippen molar-refractivity contribution in [3.63, 3.8) is 0 Å². The number of hydrogen-bond donors (Lipinski definition) is 0. The third-order valence-electron chi connectivity index (χ3n) is 9.48. The summed E-state index contributed by atoms with van der Waals surface area (Å²) in [6.07, 6.45) is 3.69. The fourth-order valence-electron chi connectivity index (χ4n) is 6.48. The first kappa shape index (κ1) is 43.4. The van der Waals surface area contributed by atoms with Gasteiger partial charge in [-0.1, -0.05) is 160 Å². The van der Waals surface area contributed by atoms with Gasteiger partial charge < -0.3 is 14.9 Å². The Hall–Kier alpha value is -2.80. The molecule has 0 heterocycles. The molecular formula is C48H60SiZr-4. The second-order valence-corrected chi connectivity index (χ2v) is 15.6. The maximum atomic E-state index is 3.06. The number of hydrogen-bond acceptors (Lipinski definition) is 0. The van der Waals surface area contributed by atoms with Gasteiger partial charge in [0.2, 0.25) is 0 Å². The Morgan fingerprint density at radius 1 is 0.660 bits per heavy atom. The van der Waals surface area contributed by atoms with Gasteiger partial charge in [0.1, 0.15) is 0 Å². The summed E-state index contributed by atoms with van der Waals surface area (Å²) in [5.74, 6) is 0.573. The molecule has 6 aromatic carbocycles. The Kier molecular flexibility index (Phi) is 16.1. The minimum absolute atomic E-state index is 0. The summed E-state index contributed by atoms with van der Waals surface area (Å²) in [5, 5.41) is 5.57. The van der Waals surface area contributed by atoms with E-state index in [1.54, 1.807) is 0 Å². The molecule has 0 nitrogen and oxygen atoms in total. The van der Waals surface area contributed by atoms with Crippen LogP contribution in [-0.2, 0) is 40.6 Å². The average molecular weight is 756 g/mol. The summed E-state index contributed by atoms with van der Waals surface area (Å²) in [6.45, 7) is 25.6. The van der Waals surface area contributed by atoms with E-state index in [1.807, 2.05) is 0 Å². The molecule has 0 aliphatic heterocycles. The van der Waals surface area contributed by atoms with E-state index in [0.717, 1.165) is 0 Å². The van der Waals surface area contributed by atoms with Gasteiger partial charge in [0.05, 0.1) is 0 Å². The number of benzene rings is 4. The predicted molar refractivity (Wildman–Crippen MR) is 223 cm³/mol. The van der Waals surface area contributed by atoms with Gasteiger partial charge in [0, 0.05) is 0 Å². The summed E-state index contributed by atoms with van der Waals surface area (Å²) in [4.78, 5) is 0. The van der Waals surface area contributed by atoms with Crippen molar-refractivity contribution in [2.24, 2.45) is 0 Å². The summed E-state index contributed by atoms with van der Waals surface area (Å²) in [6, 6.07) is 38.8. The van der Waals surface area contributed by atoms with E-state index >= 15 is 0 Å². The second-order valence-electron chi connectivity index (χ2n) is 15.6. The van der Waals surface area contributed by atoms with E-state index in [2.05, 4.69) is 179 Å². The molecule has 0 aliphatic carbocycles. The Labute approximate surface area is 323 Å². The average Bonchev–Trinajstić information content (AvgIpc) is 3.68. The summed E-state index contributed by atoms with van der Waals surface area (Å²) < 4.78 is 0. The van der Waals surface area contributed by atoms with Crippen molar-refractivity contribution < 1.29 is 23.3 Å². The molecule has 0 spiro atoms. The number of unbranched alkanes of at least 4 members (excludes halogenated alkanes) is 1. The molecular weight excluding hydrogens is 696 g/mol. The molecule has 0 saturated carbocycles. The van der Waals surface area contributed by atoms with Crippen LogP contribution in [0.1, 0.15) is 109 Å². The Morgan fingerprint density at radius 3 is 1.66 bits per heavy atom. The van der Waals surface area contributed by atoms with Crippen LogP contribution >= 0.6 is 0 Å². The second kappa shape index (κ2) is 18.6. The molecule has 0 N–H and O–H groups in total. The Bertz CT molecular complexity index is 1920. The third kappa shape index (κ3) is 10.4. The molecule has 264 valence electrons. The monoisotopic (exact) mass is 754 g/mol. The van der Waals surface area contributed by atoms with E-state index in [9.17, 15) is 0 Å². The fraction of sp³-hybridized carbons (Fsp3) is 0.333. The number of fused-ring (bicyclic) bond motifs is 2. The number of aryl methyl sites for hydroxylation is 2. The summed E-state index contributed by atoms with van der Waals surface area (Å²) in [5.41, 5.74) is 12.8. The Balaban J connectivity index is 0.000000319. The molecule has 50 heavy (non-hydrogen) atoms. The maximum absolute atomic E-state index is 3.06. The minimum atomic E-state index is 0. The molecule has 0 aromatic heterocycles. The van der Waals surface area contributed by atoms with Crippen LogP contribution in [0.5, 0.6) is 0 Å². The first-order valence-electron chi connectivity index (χ1n) is 17.6. The van der Waals surface area contributed by atoms with Crippen molar-refractivity contribution in [3.8, 4) is 22.3 Å². The normalized spacial score (nSPS) is 11.2. The molecule has 0 atom stereocenters. The molecule has 6 aromatic rings. The number of rotatable bonds is 6. The van der Waals surface area contributed by atoms with Gasteiger partial charge in [-0.25, -0.2) is 0 Å². The van der Waals surface area contributed by atoms with E-state index in [1.165, 1.54) is 114 Å². The van der Waals surface area contributed by atoms with Crippen molar-refractivity contribution in [1.29, 1.82) is 0 Å². The zero-order valence-electron chi connectivity index (χ0n) is 33.0. The van der Waals surface area contributed by atoms with Crippen molar-refractivity contribution >= 4 is 28.4 Å². The molecule has 0 bridgehead atoms. The van der Waals surface area contributed by atoms with E-state index in [-0.39, 0.29) is 25.7 Å².